The largest absolute Gasteiger partial charge is 0.308 e. The monoisotopic (exact) mass is 433 g/mol. The molecule has 0 aliphatic heterocycles. The molecule has 0 N–H and O–H groups in total. The van der Waals surface area contributed by atoms with Gasteiger partial charge in [-0.3, -0.25) is 9.48 Å². The number of nitrogens with zero attached hydrogens (tertiary/aromatic N) is 3. The van der Waals surface area contributed by atoms with Gasteiger partial charge in [0.1, 0.15) is 5.69 Å². The number of aromatic nitrogens is 2. The predicted octanol–water partition coefficient (Wildman–Crippen LogP) is 3.85. The molecule has 1 aromatic heterocycles. The molecule has 0 fully saturated rings. The van der Waals surface area contributed by atoms with E-state index in [-0.39, 0.29) is 5.78 Å². The maximum atomic E-state index is 12.7. The van der Waals surface area contributed by atoms with E-state index < -0.39 is 0 Å². The van der Waals surface area contributed by atoms with Crippen molar-refractivity contribution in [2.45, 2.75) is 6.54 Å². The molecular weight excluding hydrogens is 421 g/mol. The highest BCUT2D eigenvalue weighted by Crippen LogP contribution is 2.26. The van der Waals surface area contributed by atoms with Crippen LogP contribution in [0, 0.1) is 0 Å². The molecule has 4 nitrogen and oxygen atoms in total. The van der Waals surface area contributed by atoms with E-state index in [0.29, 0.717) is 31.8 Å². The van der Waals surface area contributed by atoms with Crippen molar-refractivity contribution in [2.75, 3.05) is 20.6 Å². The minimum absolute atomic E-state index is 0.0875. The van der Waals surface area contributed by atoms with E-state index in [4.69, 9.17) is 11.6 Å². The molecule has 112 valence electrons. The summed E-state index contributed by atoms with van der Waals surface area (Å²) in [6, 6.07) is 5.14. The first-order chi connectivity index (χ1) is 9.90. The summed E-state index contributed by atoms with van der Waals surface area (Å²) in [4.78, 5) is 14.7. The molecule has 0 aliphatic carbocycles. The Morgan fingerprint density at radius 2 is 2.05 bits per heavy atom. The van der Waals surface area contributed by atoms with Gasteiger partial charge in [0.05, 0.1) is 22.2 Å². The van der Waals surface area contributed by atoms with E-state index in [1.54, 1.807) is 29.1 Å². The molecule has 0 unspecified atom stereocenters. The molecule has 7 heteroatoms. The molecule has 1 aromatic carbocycles. The molecule has 0 bridgehead atoms. The van der Waals surface area contributed by atoms with Crippen LogP contribution in [-0.2, 0) is 6.54 Å². The average molecular weight is 436 g/mol. The highest BCUT2D eigenvalue weighted by molar-refractivity contribution is 9.10. The van der Waals surface area contributed by atoms with Crippen molar-refractivity contribution in [3.05, 3.63) is 49.6 Å². The predicted molar refractivity (Wildman–Crippen MR) is 91.1 cm³/mol. The number of carbonyl (C=O) groups is 1. The fourth-order valence-electron chi connectivity index (χ4n) is 1.83. The third-order valence-corrected chi connectivity index (χ3v) is 4.74. The van der Waals surface area contributed by atoms with E-state index in [0.717, 1.165) is 6.54 Å². The van der Waals surface area contributed by atoms with Crippen LogP contribution in [0.15, 0.2) is 33.3 Å². The lowest BCUT2D eigenvalue weighted by Crippen LogP contribution is -2.21. The maximum Gasteiger partial charge on any atom is 0.212 e. The van der Waals surface area contributed by atoms with Gasteiger partial charge in [-0.15, -0.1) is 0 Å². The summed E-state index contributed by atoms with van der Waals surface area (Å²) in [6.07, 6.45) is 1.65. The summed E-state index contributed by atoms with van der Waals surface area (Å²) < 4.78 is 3.11. The summed E-state index contributed by atoms with van der Waals surface area (Å²) in [5.74, 6) is -0.0875. The van der Waals surface area contributed by atoms with Crippen LogP contribution in [0.5, 0.6) is 0 Å². The van der Waals surface area contributed by atoms with Gasteiger partial charge in [0.15, 0.2) is 0 Å². The second-order valence-corrected chi connectivity index (χ2v) is 6.94. The topological polar surface area (TPSA) is 38.1 Å². The molecule has 2 rings (SSSR count). The van der Waals surface area contributed by atoms with Crippen molar-refractivity contribution in [3.8, 4) is 0 Å². The number of hydrogen-bond donors (Lipinski definition) is 0. The van der Waals surface area contributed by atoms with E-state index in [1.165, 1.54) is 0 Å². The molecule has 0 spiro atoms. The van der Waals surface area contributed by atoms with Crippen molar-refractivity contribution in [2.24, 2.45) is 0 Å². The van der Waals surface area contributed by atoms with Crippen LogP contribution < -0.4 is 0 Å². The Bertz CT molecular complexity index is 670. The van der Waals surface area contributed by atoms with Crippen LogP contribution in [0.1, 0.15) is 16.1 Å². The second kappa shape index (κ2) is 7.05. The van der Waals surface area contributed by atoms with Crippen LogP contribution in [-0.4, -0.2) is 41.1 Å². The first-order valence-electron chi connectivity index (χ1n) is 6.26. The number of carbonyl (C=O) groups excluding carboxylic acids is 1. The lowest BCUT2D eigenvalue weighted by atomic mass is 10.1. The quantitative estimate of drug-likeness (QED) is 0.670. The van der Waals surface area contributed by atoms with E-state index in [9.17, 15) is 4.79 Å². The number of hydrogen-bond acceptors (Lipinski definition) is 3. The molecule has 2 aromatic rings. The van der Waals surface area contributed by atoms with Crippen LogP contribution in [0.3, 0.4) is 0 Å². The van der Waals surface area contributed by atoms with Gasteiger partial charge in [-0.2, -0.15) is 5.10 Å². The Morgan fingerprint density at radius 3 is 2.67 bits per heavy atom. The Balaban J connectivity index is 2.34. The van der Waals surface area contributed by atoms with Gasteiger partial charge in [0.25, 0.3) is 0 Å². The summed E-state index contributed by atoms with van der Waals surface area (Å²) in [5, 5.41) is 4.83. The van der Waals surface area contributed by atoms with Gasteiger partial charge in [0.2, 0.25) is 5.78 Å². The average Bonchev–Trinajstić information content (AvgIpc) is 2.80. The summed E-state index contributed by atoms with van der Waals surface area (Å²) >= 11 is 12.7. The van der Waals surface area contributed by atoms with Crippen LogP contribution in [0.2, 0.25) is 5.02 Å². The van der Waals surface area contributed by atoms with Crippen LogP contribution in [0.25, 0.3) is 0 Å². The fourth-order valence-corrected chi connectivity index (χ4v) is 2.80. The van der Waals surface area contributed by atoms with Gasteiger partial charge in [0, 0.05) is 16.6 Å². The lowest BCUT2D eigenvalue weighted by molar-refractivity contribution is 0.102. The smallest absolute Gasteiger partial charge is 0.212 e. The number of likely N-dealkylation sites (N-methyl/N-ethyl adjacent to an activating group) is 1. The number of ketones is 1. The molecule has 0 saturated heterocycles. The first kappa shape index (κ1) is 16.7. The molecule has 0 aliphatic rings. The molecule has 1 heterocycles. The molecule has 21 heavy (non-hydrogen) atoms. The molecule has 0 atom stereocenters. The third-order valence-electron chi connectivity index (χ3n) is 2.95. The second-order valence-electron chi connectivity index (χ2n) is 4.83. The van der Waals surface area contributed by atoms with Crippen molar-refractivity contribution in [1.82, 2.24) is 14.7 Å². The third kappa shape index (κ3) is 3.94. The zero-order valence-electron chi connectivity index (χ0n) is 11.6. The standard InChI is InChI=1S/C14H14Br2ClN3O/c1-19(2)5-6-20-13(11(16)8-18-20)14(21)9-3-4-12(17)10(15)7-9/h3-4,7-8H,5-6H2,1-2H3. The first-order valence-corrected chi connectivity index (χ1v) is 8.22. The lowest BCUT2D eigenvalue weighted by Gasteiger charge is -2.12. The molecule has 0 saturated carbocycles. The molecule has 0 amide bonds. The van der Waals surface area contributed by atoms with Gasteiger partial charge in [-0.25, -0.2) is 0 Å². The van der Waals surface area contributed by atoms with Gasteiger partial charge in [-0.05, 0) is 64.2 Å². The number of halogens is 3. The summed E-state index contributed by atoms with van der Waals surface area (Å²) in [5.41, 5.74) is 1.12. The minimum atomic E-state index is -0.0875. The van der Waals surface area contributed by atoms with Crippen LogP contribution in [0.4, 0.5) is 0 Å². The Labute approximate surface area is 145 Å². The van der Waals surface area contributed by atoms with Crippen molar-refractivity contribution < 1.29 is 4.79 Å². The maximum absolute atomic E-state index is 12.7. The Morgan fingerprint density at radius 1 is 1.33 bits per heavy atom. The normalized spacial score (nSPS) is 11.1. The SMILES string of the molecule is CN(C)CCn1ncc(Br)c1C(=O)c1ccc(Cl)c(Br)c1. The fraction of sp³-hybridized carbons (Fsp3) is 0.286. The van der Waals surface area contributed by atoms with Gasteiger partial charge < -0.3 is 4.90 Å². The summed E-state index contributed by atoms with van der Waals surface area (Å²) in [7, 11) is 3.96. The van der Waals surface area contributed by atoms with Crippen molar-refractivity contribution in [3.63, 3.8) is 0 Å². The van der Waals surface area contributed by atoms with Crippen LogP contribution >= 0.6 is 43.5 Å². The Kier molecular flexibility index (Phi) is 5.60. The van der Waals surface area contributed by atoms with E-state index in [2.05, 4.69) is 37.0 Å². The van der Waals surface area contributed by atoms with Crippen molar-refractivity contribution >= 4 is 49.2 Å². The Hall–Kier alpha value is -0.690. The highest BCUT2D eigenvalue weighted by Gasteiger charge is 2.19. The molecule has 0 radical (unpaired) electrons. The van der Waals surface area contributed by atoms with Gasteiger partial charge >= 0.3 is 0 Å². The van der Waals surface area contributed by atoms with Crippen molar-refractivity contribution in [1.29, 1.82) is 0 Å². The zero-order chi connectivity index (χ0) is 15.6. The zero-order valence-corrected chi connectivity index (χ0v) is 15.5. The van der Waals surface area contributed by atoms with E-state index >= 15 is 0 Å². The number of benzene rings is 1. The van der Waals surface area contributed by atoms with Gasteiger partial charge in [-0.1, -0.05) is 11.6 Å². The van der Waals surface area contributed by atoms with E-state index in [1.807, 2.05) is 19.0 Å². The molecular formula is C14H14Br2ClN3O. The number of rotatable bonds is 5. The highest BCUT2D eigenvalue weighted by atomic mass is 79.9. The minimum Gasteiger partial charge on any atom is -0.308 e. The summed E-state index contributed by atoms with van der Waals surface area (Å²) in [6.45, 7) is 1.45.